The van der Waals surface area contributed by atoms with E-state index in [4.69, 9.17) is 0 Å². The number of nitrogens with one attached hydrogen (secondary N) is 4. The van der Waals surface area contributed by atoms with Crippen molar-refractivity contribution in [3.05, 3.63) is 12.2 Å². The van der Waals surface area contributed by atoms with E-state index >= 15 is 0 Å². The molecule has 2 aliphatic heterocycles. The van der Waals surface area contributed by atoms with Gasteiger partial charge in [-0.3, -0.25) is 28.7 Å². The Kier molecular flexibility index (Phi) is 12.1. The maximum Gasteiger partial charge on any atom is 0.252 e. The molecule has 3 aliphatic rings. The Hall–Kier alpha value is -2.56. The lowest BCUT2D eigenvalue weighted by Crippen LogP contribution is -2.59. The Morgan fingerprint density at radius 1 is 1.15 bits per heavy atom. The fraction of sp³-hybridized carbons (Fsp3) is 0.767. The summed E-state index contributed by atoms with van der Waals surface area (Å²) in [5.74, 6) is -1.91. The summed E-state index contributed by atoms with van der Waals surface area (Å²) in [4.78, 5) is 67.4. The Morgan fingerprint density at radius 2 is 1.88 bits per heavy atom. The van der Waals surface area contributed by atoms with Gasteiger partial charge >= 0.3 is 0 Å². The van der Waals surface area contributed by atoms with Crippen LogP contribution < -0.4 is 20.7 Å². The molecule has 1 aliphatic carbocycles. The quantitative estimate of drug-likeness (QED) is 0.253. The highest BCUT2D eigenvalue weighted by Crippen LogP contribution is 2.46. The minimum absolute atomic E-state index is 0.0561. The third-order valence-corrected chi connectivity index (χ3v) is 9.77. The summed E-state index contributed by atoms with van der Waals surface area (Å²) in [6.07, 6.45) is 11.8. The molecule has 0 bridgehead atoms. The molecule has 0 radical (unpaired) electrons. The van der Waals surface area contributed by atoms with Crippen molar-refractivity contribution in [1.82, 2.24) is 25.6 Å². The van der Waals surface area contributed by atoms with E-state index in [-0.39, 0.29) is 46.1 Å². The van der Waals surface area contributed by atoms with E-state index in [1.807, 2.05) is 26.8 Å². The number of hydrogen-bond acceptors (Lipinski definition) is 6. The molecular formula is C30H49N5O5S. The van der Waals surface area contributed by atoms with Crippen molar-refractivity contribution in [2.45, 2.75) is 128 Å². The minimum Gasteiger partial charge on any atom is -0.344 e. The Balaban J connectivity index is 1.80. The van der Waals surface area contributed by atoms with Crippen molar-refractivity contribution in [3.8, 4) is 0 Å². The molecule has 230 valence electrons. The molecule has 41 heavy (non-hydrogen) atoms. The van der Waals surface area contributed by atoms with E-state index in [0.717, 1.165) is 38.5 Å². The lowest BCUT2D eigenvalue weighted by molar-refractivity contribution is -0.142. The highest BCUT2D eigenvalue weighted by Gasteiger charge is 2.42. The molecule has 0 aromatic rings. The van der Waals surface area contributed by atoms with Crippen LogP contribution in [0.25, 0.3) is 0 Å². The summed E-state index contributed by atoms with van der Waals surface area (Å²) < 4.78 is 3.01. The molecule has 0 aromatic heterocycles. The number of amides is 5. The van der Waals surface area contributed by atoms with Gasteiger partial charge in [-0.15, -0.1) is 0 Å². The molecule has 11 heteroatoms. The second-order valence-corrected chi connectivity index (χ2v) is 13.6. The van der Waals surface area contributed by atoms with Crippen LogP contribution in [0.4, 0.5) is 0 Å². The van der Waals surface area contributed by atoms with Crippen molar-refractivity contribution < 1.29 is 24.0 Å². The van der Waals surface area contributed by atoms with Gasteiger partial charge < -0.3 is 20.9 Å². The summed E-state index contributed by atoms with van der Waals surface area (Å²) in [5, 5.41) is 8.62. The van der Waals surface area contributed by atoms with Gasteiger partial charge in [0.2, 0.25) is 23.6 Å². The van der Waals surface area contributed by atoms with Gasteiger partial charge in [0.05, 0.1) is 0 Å². The first kappa shape index (κ1) is 32.9. The Bertz CT molecular complexity index is 1000. The van der Waals surface area contributed by atoms with Crippen LogP contribution in [0, 0.1) is 11.8 Å². The number of allylic oxidation sites excluding steroid dienone is 1. The number of carbonyl (C=O) groups is 5. The monoisotopic (exact) mass is 591 g/mol. The number of fused-ring (bicyclic) bond motifs is 1. The maximum absolute atomic E-state index is 13.9. The zero-order chi connectivity index (χ0) is 30.2. The molecule has 4 N–H and O–H groups in total. The Labute approximate surface area is 249 Å². The summed E-state index contributed by atoms with van der Waals surface area (Å²) in [6.45, 7) is 9.65. The SMILES string of the molecule is CC[C@H](C)C(NC(C)=O)C(=O)N[C@H]1CCCCC/C=C\[C@H](C)C(C(=O)NSC2(C)CC2)NC(=O)C2CCCN2C1=O. The molecule has 1 saturated carbocycles. The summed E-state index contributed by atoms with van der Waals surface area (Å²) in [7, 11) is 0. The molecule has 2 heterocycles. The topological polar surface area (TPSA) is 137 Å². The van der Waals surface area contributed by atoms with Crippen molar-refractivity contribution >= 4 is 41.5 Å². The normalized spacial score (nSPS) is 29.0. The lowest BCUT2D eigenvalue weighted by atomic mass is 9.97. The van der Waals surface area contributed by atoms with Gasteiger partial charge in [-0.05, 0) is 69.7 Å². The second kappa shape index (κ2) is 15.1. The molecule has 1 saturated heterocycles. The predicted molar refractivity (Wildman–Crippen MR) is 160 cm³/mol. The van der Waals surface area contributed by atoms with Crippen LogP contribution in [0.15, 0.2) is 12.2 Å². The number of rotatable bonds is 8. The average molecular weight is 592 g/mol. The lowest BCUT2D eigenvalue weighted by Gasteiger charge is -2.32. The van der Waals surface area contributed by atoms with Gasteiger partial charge in [0, 0.05) is 24.1 Å². The number of carbonyl (C=O) groups excluding carboxylic acids is 5. The number of hydrogen-bond donors (Lipinski definition) is 4. The molecule has 6 atom stereocenters. The molecule has 2 fully saturated rings. The van der Waals surface area contributed by atoms with Crippen molar-refractivity contribution in [1.29, 1.82) is 0 Å². The fourth-order valence-corrected chi connectivity index (χ4v) is 6.13. The van der Waals surface area contributed by atoms with E-state index < -0.39 is 24.2 Å². The standard InChI is InChI=1S/C30H49N5O5S/c1-6-19(2)24(31-21(4)36)27(38)32-22-14-11-9-7-8-10-13-20(3)25(28(39)34-41-30(5)16-17-30)33-26(37)23-15-12-18-35(23)29(22)40/h10,13,19-20,22-25H,6-9,11-12,14-18H2,1-5H3,(H,31,36)(H,32,38)(H,33,37)(H,34,39)/b13-10-/t19-,20-,22-,23?,24?,25?/m0/s1. The third kappa shape index (κ3) is 9.48. The van der Waals surface area contributed by atoms with Crippen LogP contribution in [0.1, 0.15) is 98.8 Å². The minimum atomic E-state index is -0.800. The van der Waals surface area contributed by atoms with Gasteiger partial charge in [-0.25, -0.2) is 0 Å². The molecule has 0 spiro atoms. The van der Waals surface area contributed by atoms with Gasteiger partial charge in [-0.2, -0.15) is 0 Å². The predicted octanol–water partition coefficient (Wildman–Crippen LogP) is 2.97. The third-order valence-electron chi connectivity index (χ3n) is 8.57. The highest BCUT2D eigenvalue weighted by atomic mass is 32.2. The zero-order valence-electron chi connectivity index (χ0n) is 25.3. The van der Waals surface area contributed by atoms with Crippen LogP contribution in [-0.2, 0) is 24.0 Å². The van der Waals surface area contributed by atoms with Gasteiger partial charge in [0.25, 0.3) is 5.91 Å². The van der Waals surface area contributed by atoms with Crippen LogP contribution in [0.2, 0.25) is 0 Å². The molecule has 0 aromatic carbocycles. The first-order valence-electron chi connectivity index (χ1n) is 15.3. The fourth-order valence-electron chi connectivity index (χ4n) is 5.35. The smallest absolute Gasteiger partial charge is 0.252 e. The van der Waals surface area contributed by atoms with Crippen molar-refractivity contribution in [2.75, 3.05) is 6.54 Å². The Morgan fingerprint density at radius 3 is 2.54 bits per heavy atom. The van der Waals surface area contributed by atoms with Crippen LogP contribution in [-0.4, -0.2) is 69.9 Å². The van der Waals surface area contributed by atoms with E-state index in [0.29, 0.717) is 32.2 Å². The van der Waals surface area contributed by atoms with E-state index in [9.17, 15) is 24.0 Å². The average Bonchev–Trinajstić information content (AvgIpc) is 3.47. The van der Waals surface area contributed by atoms with Crippen LogP contribution >= 0.6 is 11.9 Å². The summed E-state index contributed by atoms with van der Waals surface area (Å²) in [6, 6.07) is -3.03. The zero-order valence-corrected chi connectivity index (χ0v) is 26.1. The highest BCUT2D eigenvalue weighted by molar-refractivity contribution is 7.99. The summed E-state index contributed by atoms with van der Waals surface area (Å²) in [5.41, 5.74) is 0. The molecular weight excluding hydrogens is 542 g/mol. The molecule has 5 amide bonds. The molecule has 3 unspecified atom stereocenters. The first-order valence-corrected chi connectivity index (χ1v) is 16.1. The van der Waals surface area contributed by atoms with E-state index in [2.05, 4.69) is 33.7 Å². The van der Waals surface area contributed by atoms with Crippen LogP contribution in [0.3, 0.4) is 0 Å². The second-order valence-electron chi connectivity index (χ2n) is 12.2. The number of nitrogens with zero attached hydrogens (tertiary/aromatic N) is 1. The van der Waals surface area contributed by atoms with E-state index in [1.165, 1.54) is 18.9 Å². The van der Waals surface area contributed by atoms with Crippen molar-refractivity contribution in [2.24, 2.45) is 11.8 Å². The van der Waals surface area contributed by atoms with Crippen molar-refractivity contribution in [3.63, 3.8) is 0 Å². The maximum atomic E-state index is 13.9. The summed E-state index contributed by atoms with van der Waals surface area (Å²) >= 11 is 1.42. The van der Waals surface area contributed by atoms with Crippen LogP contribution in [0.5, 0.6) is 0 Å². The molecule has 3 rings (SSSR count). The van der Waals surface area contributed by atoms with Gasteiger partial charge in [-0.1, -0.05) is 52.2 Å². The molecule has 10 nitrogen and oxygen atoms in total. The van der Waals surface area contributed by atoms with E-state index in [1.54, 1.807) is 4.90 Å². The first-order chi connectivity index (χ1) is 19.5. The van der Waals surface area contributed by atoms with Gasteiger partial charge in [0.15, 0.2) is 0 Å². The largest absolute Gasteiger partial charge is 0.344 e. The van der Waals surface area contributed by atoms with Gasteiger partial charge in [0.1, 0.15) is 24.2 Å².